The van der Waals surface area contributed by atoms with Crippen molar-refractivity contribution in [3.8, 4) is 17.0 Å². The van der Waals surface area contributed by atoms with E-state index in [2.05, 4.69) is 9.68 Å². The van der Waals surface area contributed by atoms with E-state index >= 15 is 0 Å². The number of halogens is 1. The third-order valence-corrected chi connectivity index (χ3v) is 2.12. The normalized spacial score (nSPS) is 10.4. The number of phenols is 1. The number of benzene rings is 1. The number of rotatable bonds is 2. The van der Waals surface area contributed by atoms with Gasteiger partial charge in [-0.05, 0) is 12.1 Å². The molecule has 0 amide bonds. The second-order valence-corrected chi connectivity index (χ2v) is 3.27. The lowest BCUT2D eigenvalue weighted by molar-refractivity contribution is 0.0693. The summed E-state index contributed by atoms with van der Waals surface area (Å²) in [6, 6.07) is 3.34. The molecule has 1 aromatic carbocycles. The SMILES string of the molecule is Nc1cc(-c2cc(F)c(O)c(C(=O)O)c2)no1. The summed E-state index contributed by atoms with van der Waals surface area (Å²) in [4.78, 5) is 10.8. The Kier molecular flexibility index (Phi) is 2.43. The van der Waals surface area contributed by atoms with E-state index in [-0.39, 0.29) is 17.1 Å². The lowest BCUT2D eigenvalue weighted by atomic mass is 10.1. The zero-order valence-corrected chi connectivity index (χ0v) is 8.35. The third kappa shape index (κ3) is 1.89. The number of carboxylic acid groups (broad SMARTS) is 1. The van der Waals surface area contributed by atoms with E-state index in [1.54, 1.807) is 0 Å². The summed E-state index contributed by atoms with van der Waals surface area (Å²) >= 11 is 0. The second-order valence-electron chi connectivity index (χ2n) is 3.27. The Hall–Kier alpha value is -2.57. The van der Waals surface area contributed by atoms with E-state index in [9.17, 15) is 14.3 Å². The fourth-order valence-corrected chi connectivity index (χ4v) is 1.34. The van der Waals surface area contributed by atoms with Gasteiger partial charge in [0.05, 0.1) is 0 Å². The molecule has 1 heterocycles. The van der Waals surface area contributed by atoms with Gasteiger partial charge in [0.1, 0.15) is 11.3 Å². The number of aromatic nitrogens is 1. The molecule has 2 aromatic rings. The summed E-state index contributed by atoms with van der Waals surface area (Å²) in [6.07, 6.45) is 0. The van der Waals surface area contributed by atoms with Crippen LogP contribution in [0, 0.1) is 5.82 Å². The molecule has 4 N–H and O–H groups in total. The van der Waals surface area contributed by atoms with Crippen LogP contribution in [0.5, 0.6) is 5.75 Å². The van der Waals surface area contributed by atoms with Gasteiger partial charge in [0.25, 0.3) is 0 Å². The van der Waals surface area contributed by atoms with Crippen LogP contribution in [-0.2, 0) is 0 Å². The number of carbonyl (C=O) groups is 1. The standard InChI is InChI=1S/C10H7FN2O4/c11-6-2-4(7-3-8(12)17-13-7)1-5(9(6)14)10(15)16/h1-3,14H,12H2,(H,15,16). The highest BCUT2D eigenvalue weighted by Gasteiger charge is 2.17. The number of carboxylic acids is 1. The highest BCUT2D eigenvalue weighted by molar-refractivity contribution is 5.92. The molecular formula is C10H7FN2O4. The fraction of sp³-hybridized carbons (Fsp3) is 0. The van der Waals surface area contributed by atoms with Crippen molar-refractivity contribution >= 4 is 11.9 Å². The molecule has 0 unspecified atom stereocenters. The molecule has 0 saturated carbocycles. The van der Waals surface area contributed by atoms with Gasteiger partial charge in [-0.25, -0.2) is 9.18 Å². The Morgan fingerprint density at radius 1 is 1.41 bits per heavy atom. The van der Waals surface area contributed by atoms with Crippen LogP contribution in [0.4, 0.5) is 10.3 Å². The first-order valence-corrected chi connectivity index (χ1v) is 4.47. The molecule has 2 rings (SSSR count). The second kappa shape index (κ2) is 3.78. The summed E-state index contributed by atoms with van der Waals surface area (Å²) < 4.78 is 17.9. The van der Waals surface area contributed by atoms with Crippen LogP contribution in [-0.4, -0.2) is 21.3 Å². The van der Waals surface area contributed by atoms with Crippen molar-refractivity contribution in [1.82, 2.24) is 5.16 Å². The van der Waals surface area contributed by atoms with E-state index in [0.29, 0.717) is 0 Å². The van der Waals surface area contributed by atoms with Gasteiger partial charge >= 0.3 is 5.97 Å². The van der Waals surface area contributed by atoms with E-state index in [1.165, 1.54) is 6.07 Å². The van der Waals surface area contributed by atoms with Gasteiger partial charge < -0.3 is 20.5 Å². The maximum absolute atomic E-state index is 13.3. The predicted octanol–water partition coefficient (Wildman–Crippen LogP) is 1.47. The molecule has 88 valence electrons. The Morgan fingerprint density at radius 3 is 2.65 bits per heavy atom. The van der Waals surface area contributed by atoms with Crippen LogP contribution < -0.4 is 5.73 Å². The Morgan fingerprint density at radius 2 is 2.12 bits per heavy atom. The molecule has 0 spiro atoms. The van der Waals surface area contributed by atoms with Crippen molar-refractivity contribution in [3.05, 3.63) is 29.6 Å². The minimum atomic E-state index is -1.44. The van der Waals surface area contributed by atoms with Crippen molar-refractivity contribution in [2.75, 3.05) is 5.73 Å². The number of anilines is 1. The number of aromatic hydroxyl groups is 1. The fourth-order valence-electron chi connectivity index (χ4n) is 1.34. The molecule has 6 nitrogen and oxygen atoms in total. The van der Waals surface area contributed by atoms with Crippen molar-refractivity contribution < 1.29 is 23.9 Å². The summed E-state index contributed by atoms with van der Waals surface area (Å²) in [5.74, 6) is -3.40. The van der Waals surface area contributed by atoms with Gasteiger partial charge in [0.15, 0.2) is 11.6 Å². The topological polar surface area (TPSA) is 110 Å². The smallest absolute Gasteiger partial charge is 0.339 e. The van der Waals surface area contributed by atoms with Gasteiger partial charge in [0.2, 0.25) is 5.88 Å². The summed E-state index contributed by atoms with van der Waals surface area (Å²) in [6.45, 7) is 0. The number of hydrogen-bond donors (Lipinski definition) is 3. The Bertz CT molecular complexity index is 594. The molecule has 0 atom stereocenters. The molecule has 0 bridgehead atoms. The Balaban J connectivity index is 2.60. The highest BCUT2D eigenvalue weighted by Crippen LogP contribution is 2.29. The van der Waals surface area contributed by atoms with Crippen LogP contribution in [0.1, 0.15) is 10.4 Å². The number of nitrogens with zero attached hydrogens (tertiary/aromatic N) is 1. The lowest BCUT2D eigenvalue weighted by Gasteiger charge is -2.03. The molecule has 0 aliphatic heterocycles. The molecule has 7 heteroatoms. The Labute approximate surface area is 94.1 Å². The number of hydrogen-bond acceptors (Lipinski definition) is 5. The van der Waals surface area contributed by atoms with Crippen LogP contribution in [0.3, 0.4) is 0 Å². The van der Waals surface area contributed by atoms with Crippen LogP contribution in [0.15, 0.2) is 22.7 Å². The number of nitrogens with two attached hydrogens (primary N) is 1. The van der Waals surface area contributed by atoms with Crippen molar-refractivity contribution in [1.29, 1.82) is 0 Å². The van der Waals surface area contributed by atoms with E-state index < -0.39 is 23.1 Å². The van der Waals surface area contributed by atoms with E-state index in [0.717, 1.165) is 12.1 Å². The zero-order chi connectivity index (χ0) is 12.6. The molecule has 17 heavy (non-hydrogen) atoms. The molecule has 0 radical (unpaired) electrons. The first-order valence-electron chi connectivity index (χ1n) is 4.47. The average molecular weight is 238 g/mol. The van der Waals surface area contributed by atoms with Crippen LogP contribution in [0.25, 0.3) is 11.3 Å². The largest absolute Gasteiger partial charge is 0.504 e. The monoisotopic (exact) mass is 238 g/mol. The van der Waals surface area contributed by atoms with Gasteiger partial charge in [-0.3, -0.25) is 0 Å². The van der Waals surface area contributed by atoms with Crippen LogP contribution >= 0.6 is 0 Å². The number of aromatic carboxylic acids is 1. The van der Waals surface area contributed by atoms with E-state index in [1.807, 2.05) is 0 Å². The lowest BCUT2D eigenvalue weighted by Crippen LogP contribution is -1.99. The molecule has 0 fully saturated rings. The molecule has 0 saturated heterocycles. The number of nitrogen functional groups attached to an aromatic ring is 1. The maximum atomic E-state index is 13.3. The highest BCUT2D eigenvalue weighted by atomic mass is 19.1. The quantitative estimate of drug-likeness (QED) is 0.730. The van der Waals surface area contributed by atoms with Crippen LogP contribution in [0.2, 0.25) is 0 Å². The average Bonchev–Trinajstić information content (AvgIpc) is 2.68. The van der Waals surface area contributed by atoms with E-state index in [4.69, 9.17) is 10.8 Å². The first kappa shape index (κ1) is 10.9. The third-order valence-electron chi connectivity index (χ3n) is 2.12. The minimum absolute atomic E-state index is 0.0189. The predicted molar refractivity (Wildman–Crippen MR) is 54.9 cm³/mol. The zero-order valence-electron chi connectivity index (χ0n) is 8.35. The summed E-state index contributed by atoms with van der Waals surface area (Å²) in [5.41, 5.74) is 5.07. The van der Waals surface area contributed by atoms with Gasteiger partial charge in [-0.1, -0.05) is 5.16 Å². The summed E-state index contributed by atoms with van der Waals surface area (Å²) in [7, 11) is 0. The molecule has 1 aromatic heterocycles. The van der Waals surface area contributed by atoms with Gasteiger partial charge in [-0.15, -0.1) is 0 Å². The minimum Gasteiger partial charge on any atom is -0.504 e. The molecular weight excluding hydrogens is 231 g/mol. The maximum Gasteiger partial charge on any atom is 0.339 e. The van der Waals surface area contributed by atoms with Gasteiger partial charge in [-0.2, -0.15) is 0 Å². The molecule has 0 aliphatic carbocycles. The van der Waals surface area contributed by atoms with Gasteiger partial charge in [0, 0.05) is 11.6 Å². The molecule has 0 aliphatic rings. The summed E-state index contributed by atoms with van der Waals surface area (Å²) in [5, 5.41) is 21.5. The van der Waals surface area contributed by atoms with Crippen molar-refractivity contribution in [2.45, 2.75) is 0 Å². The van der Waals surface area contributed by atoms with Crippen molar-refractivity contribution in [2.24, 2.45) is 0 Å². The first-order chi connectivity index (χ1) is 7.99. The van der Waals surface area contributed by atoms with Crippen molar-refractivity contribution in [3.63, 3.8) is 0 Å².